The Hall–Kier alpha value is -1.94. The lowest BCUT2D eigenvalue weighted by Gasteiger charge is -2.30. The van der Waals surface area contributed by atoms with Crippen LogP contribution in [0.2, 0.25) is 0 Å². The predicted octanol–water partition coefficient (Wildman–Crippen LogP) is 5.80. The van der Waals surface area contributed by atoms with Crippen LogP contribution in [-0.4, -0.2) is 17.5 Å². The number of nitrogens with zero attached hydrogens (tertiary/aromatic N) is 1. The molecule has 0 radical (unpaired) electrons. The van der Waals surface area contributed by atoms with Gasteiger partial charge in [0.15, 0.2) is 0 Å². The summed E-state index contributed by atoms with van der Waals surface area (Å²) in [6.45, 7) is 7.61. The predicted molar refractivity (Wildman–Crippen MR) is 104 cm³/mol. The van der Waals surface area contributed by atoms with Gasteiger partial charge < -0.3 is 10.1 Å². The third kappa shape index (κ3) is 3.59. The topological polar surface area (TPSA) is 33.6 Å². The van der Waals surface area contributed by atoms with Crippen molar-refractivity contribution in [2.45, 2.75) is 32.4 Å². The minimum atomic E-state index is 0.189. The van der Waals surface area contributed by atoms with Gasteiger partial charge in [0.1, 0.15) is 11.5 Å². The van der Waals surface area contributed by atoms with Crippen molar-refractivity contribution in [3.63, 3.8) is 0 Å². The van der Waals surface area contributed by atoms with Crippen LogP contribution < -0.4 is 10.1 Å². The third-order valence-corrected chi connectivity index (χ3v) is 6.23. The molecule has 2 aromatic carbocycles. The van der Waals surface area contributed by atoms with Crippen LogP contribution in [0, 0.1) is 5.41 Å². The van der Waals surface area contributed by atoms with Crippen LogP contribution in [-0.2, 0) is 0 Å². The summed E-state index contributed by atoms with van der Waals surface area (Å²) in [6, 6.07) is 18.0. The molecule has 3 rings (SSSR count). The first-order valence-electron chi connectivity index (χ1n) is 8.39. The molecule has 0 amide bonds. The molecule has 24 heavy (non-hydrogen) atoms. The summed E-state index contributed by atoms with van der Waals surface area (Å²) >= 11 is 1.71. The Kier molecular flexibility index (Phi) is 5.14. The first-order chi connectivity index (χ1) is 11.6. The second-order valence-electron chi connectivity index (χ2n) is 6.36. The van der Waals surface area contributed by atoms with Gasteiger partial charge in [-0.2, -0.15) is 0 Å². The molecule has 1 aliphatic rings. The molecule has 0 aromatic heterocycles. The highest BCUT2D eigenvalue weighted by molar-refractivity contribution is 7.99. The van der Waals surface area contributed by atoms with Gasteiger partial charge in [0.25, 0.3) is 0 Å². The average Bonchev–Trinajstić information content (AvgIpc) is 2.90. The standard InChI is InChI=1S/C20H24N2OS/c1-4-20(3)15(2)22-24-19(20)14-21-16-10-12-18(13-11-16)23-17-8-6-5-7-9-17/h5-13,19,21H,4,14H2,1-3H3/t19-,20?/m0/s1. The minimum absolute atomic E-state index is 0.189. The minimum Gasteiger partial charge on any atom is -0.457 e. The Bertz CT molecular complexity index is 699. The average molecular weight is 340 g/mol. The van der Waals surface area contributed by atoms with Gasteiger partial charge in [0.2, 0.25) is 0 Å². The van der Waals surface area contributed by atoms with E-state index in [4.69, 9.17) is 4.74 Å². The fourth-order valence-corrected chi connectivity index (χ4v) is 4.04. The van der Waals surface area contributed by atoms with Crippen molar-refractivity contribution in [2.75, 3.05) is 11.9 Å². The lowest BCUT2D eigenvalue weighted by Crippen LogP contribution is -2.36. The van der Waals surface area contributed by atoms with E-state index < -0.39 is 0 Å². The Morgan fingerprint density at radius 3 is 2.42 bits per heavy atom. The number of rotatable bonds is 6. The number of benzene rings is 2. The molecule has 1 heterocycles. The van der Waals surface area contributed by atoms with E-state index in [1.165, 1.54) is 5.71 Å². The molecule has 0 fully saturated rings. The summed E-state index contributed by atoms with van der Waals surface area (Å²) in [6.07, 6.45) is 1.12. The van der Waals surface area contributed by atoms with Gasteiger partial charge in [-0.3, -0.25) is 0 Å². The summed E-state index contributed by atoms with van der Waals surface area (Å²) in [5, 5.41) is 4.01. The second kappa shape index (κ2) is 7.31. The Balaban J connectivity index is 1.57. The molecule has 0 bridgehead atoms. The highest BCUT2D eigenvalue weighted by Crippen LogP contribution is 2.42. The van der Waals surface area contributed by atoms with E-state index in [9.17, 15) is 0 Å². The molecular weight excluding hydrogens is 316 g/mol. The van der Waals surface area contributed by atoms with Gasteiger partial charge in [-0.25, -0.2) is 4.40 Å². The van der Waals surface area contributed by atoms with E-state index in [1.807, 2.05) is 42.5 Å². The van der Waals surface area contributed by atoms with E-state index in [0.717, 1.165) is 30.2 Å². The Morgan fingerprint density at radius 1 is 1.08 bits per heavy atom. The van der Waals surface area contributed by atoms with Crippen molar-refractivity contribution in [2.24, 2.45) is 9.81 Å². The maximum absolute atomic E-state index is 5.83. The second-order valence-corrected chi connectivity index (χ2v) is 7.32. The van der Waals surface area contributed by atoms with E-state index in [1.54, 1.807) is 11.9 Å². The van der Waals surface area contributed by atoms with E-state index in [-0.39, 0.29) is 5.41 Å². The van der Waals surface area contributed by atoms with Crippen molar-refractivity contribution in [1.29, 1.82) is 0 Å². The quantitative estimate of drug-likeness (QED) is 0.675. The summed E-state index contributed by atoms with van der Waals surface area (Å²) in [5.74, 6) is 1.70. The zero-order valence-electron chi connectivity index (χ0n) is 14.5. The van der Waals surface area contributed by atoms with E-state index >= 15 is 0 Å². The van der Waals surface area contributed by atoms with E-state index in [2.05, 4.69) is 42.6 Å². The van der Waals surface area contributed by atoms with Crippen LogP contribution in [0.25, 0.3) is 0 Å². The number of hydrogen-bond donors (Lipinski definition) is 1. The molecule has 3 nitrogen and oxygen atoms in total. The molecule has 2 atom stereocenters. The first kappa shape index (κ1) is 16.9. The van der Waals surface area contributed by atoms with Gasteiger partial charge in [0.05, 0.1) is 5.25 Å². The summed E-state index contributed by atoms with van der Waals surface area (Å²) < 4.78 is 10.4. The molecule has 0 saturated heterocycles. The molecule has 0 spiro atoms. The van der Waals surface area contributed by atoms with Crippen LogP contribution in [0.3, 0.4) is 0 Å². The normalized spacial score (nSPS) is 23.0. The van der Waals surface area contributed by atoms with Gasteiger partial charge in [-0.05, 0) is 61.7 Å². The van der Waals surface area contributed by atoms with Crippen molar-refractivity contribution in [3.8, 4) is 11.5 Å². The number of hydrogen-bond acceptors (Lipinski definition) is 4. The molecule has 0 aliphatic carbocycles. The zero-order chi connectivity index (χ0) is 17.0. The lowest BCUT2D eigenvalue weighted by molar-refractivity contribution is 0.444. The number of ether oxygens (including phenoxy) is 1. The summed E-state index contributed by atoms with van der Waals surface area (Å²) in [7, 11) is 0. The highest BCUT2D eigenvalue weighted by Gasteiger charge is 2.40. The largest absolute Gasteiger partial charge is 0.457 e. The summed E-state index contributed by atoms with van der Waals surface area (Å²) in [4.78, 5) is 0. The highest BCUT2D eigenvalue weighted by atomic mass is 32.2. The lowest BCUT2D eigenvalue weighted by atomic mass is 9.79. The van der Waals surface area contributed by atoms with Crippen molar-refractivity contribution in [3.05, 3.63) is 54.6 Å². The molecule has 0 saturated carbocycles. The third-order valence-electron chi connectivity index (χ3n) is 4.91. The van der Waals surface area contributed by atoms with Gasteiger partial charge in [-0.1, -0.05) is 32.0 Å². The van der Waals surface area contributed by atoms with Crippen LogP contribution in [0.4, 0.5) is 5.69 Å². The van der Waals surface area contributed by atoms with Crippen LogP contribution >= 0.6 is 11.9 Å². The zero-order valence-corrected chi connectivity index (χ0v) is 15.3. The maximum Gasteiger partial charge on any atom is 0.127 e. The molecule has 1 aliphatic heterocycles. The molecule has 2 aromatic rings. The molecule has 1 unspecified atom stereocenters. The van der Waals surface area contributed by atoms with Crippen molar-refractivity contribution in [1.82, 2.24) is 0 Å². The fourth-order valence-electron chi connectivity index (χ4n) is 2.82. The summed E-state index contributed by atoms with van der Waals surface area (Å²) in [5.41, 5.74) is 2.56. The van der Waals surface area contributed by atoms with Crippen molar-refractivity contribution < 1.29 is 4.74 Å². The van der Waals surface area contributed by atoms with Gasteiger partial charge in [-0.15, -0.1) is 0 Å². The molecule has 4 heteroatoms. The van der Waals surface area contributed by atoms with Gasteiger partial charge >= 0.3 is 0 Å². The fraction of sp³-hybridized carbons (Fsp3) is 0.350. The van der Waals surface area contributed by atoms with Crippen LogP contribution in [0.15, 0.2) is 59.0 Å². The smallest absolute Gasteiger partial charge is 0.127 e. The maximum atomic E-state index is 5.83. The monoisotopic (exact) mass is 340 g/mol. The number of anilines is 1. The molecule has 1 N–H and O–H groups in total. The molecule has 126 valence electrons. The SMILES string of the molecule is CCC1(C)C(C)=NS[C@H]1CNc1ccc(Oc2ccccc2)cc1. The first-order valence-corrected chi connectivity index (χ1v) is 9.23. The van der Waals surface area contributed by atoms with E-state index in [0.29, 0.717) is 5.25 Å². The Labute approximate surface area is 148 Å². The van der Waals surface area contributed by atoms with Crippen LogP contribution in [0.1, 0.15) is 27.2 Å². The molecular formula is C20H24N2OS. The number of nitrogens with one attached hydrogen (secondary N) is 1. The Morgan fingerprint density at radius 2 is 1.75 bits per heavy atom. The van der Waals surface area contributed by atoms with Gasteiger partial charge in [0, 0.05) is 23.4 Å². The van der Waals surface area contributed by atoms with Crippen LogP contribution in [0.5, 0.6) is 11.5 Å². The van der Waals surface area contributed by atoms with Crippen molar-refractivity contribution >= 4 is 23.3 Å². The number of para-hydroxylation sites is 1.